The highest BCUT2D eigenvalue weighted by Crippen LogP contribution is 2.22. The van der Waals surface area contributed by atoms with Gasteiger partial charge in [-0.15, -0.1) is 0 Å². The quantitative estimate of drug-likeness (QED) is 0.730. The van der Waals surface area contributed by atoms with Crippen molar-refractivity contribution in [2.24, 2.45) is 0 Å². The van der Waals surface area contributed by atoms with Crippen LogP contribution in [0.3, 0.4) is 0 Å². The van der Waals surface area contributed by atoms with Gasteiger partial charge in [0.25, 0.3) is 0 Å². The molecule has 6 heteroatoms. The van der Waals surface area contributed by atoms with Gasteiger partial charge in [0, 0.05) is 25.9 Å². The van der Waals surface area contributed by atoms with E-state index in [9.17, 15) is 5.11 Å². The van der Waals surface area contributed by atoms with Crippen molar-refractivity contribution in [3.63, 3.8) is 0 Å². The Labute approximate surface area is 109 Å². The molecular formula is C13H13N5O. The van der Waals surface area contributed by atoms with Gasteiger partial charge in [0.15, 0.2) is 5.65 Å². The Morgan fingerprint density at radius 3 is 2.74 bits per heavy atom. The minimum atomic E-state index is 0.111. The normalized spacial score (nSPS) is 10.8. The standard InChI is InChI=1S/C13H13N5O/c1-18(2)11-4-3-10-13(16-11)17-12(15-10)8-5-9(19)7-14-6-8/h3-7,19H,1-2H3,(H,15,16,17). The minimum absolute atomic E-state index is 0.111. The number of hydrogen-bond donors (Lipinski definition) is 2. The smallest absolute Gasteiger partial charge is 0.180 e. The van der Waals surface area contributed by atoms with Gasteiger partial charge in [-0.3, -0.25) is 4.98 Å². The molecule has 0 saturated heterocycles. The Bertz CT molecular complexity index is 735. The Morgan fingerprint density at radius 2 is 2.00 bits per heavy atom. The van der Waals surface area contributed by atoms with Gasteiger partial charge in [-0.05, 0) is 18.2 Å². The zero-order valence-electron chi connectivity index (χ0n) is 10.6. The van der Waals surface area contributed by atoms with Gasteiger partial charge in [-0.1, -0.05) is 0 Å². The van der Waals surface area contributed by atoms with Crippen molar-refractivity contribution in [2.45, 2.75) is 0 Å². The van der Waals surface area contributed by atoms with Crippen LogP contribution in [-0.4, -0.2) is 39.1 Å². The highest BCUT2D eigenvalue weighted by Gasteiger charge is 2.08. The molecule has 0 saturated carbocycles. The second-order valence-electron chi connectivity index (χ2n) is 4.45. The van der Waals surface area contributed by atoms with Crippen LogP contribution in [0.1, 0.15) is 0 Å². The fraction of sp³-hybridized carbons (Fsp3) is 0.154. The third kappa shape index (κ3) is 2.08. The number of nitrogens with one attached hydrogen (secondary N) is 1. The van der Waals surface area contributed by atoms with Gasteiger partial charge in [0.1, 0.15) is 17.4 Å². The summed E-state index contributed by atoms with van der Waals surface area (Å²) in [6, 6.07) is 5.47. The number of imidazole rings is 1. The molecule has 0 aromatic carbocycles. The second-order valence-corrected chi connectivity index (χ2v) is 4.45. The highest BCUT2D eigenvalue weighted by molar-refractivity contribution is 5.77. The fourth-order valence-corrected chi connectivity index (χ4v) is 1.83. The molecule has 19 heavy (non-hydrogen) atoms. The van der Waals surface area contributed by atoms with Crippen LogP contribution in [0.4, 0.5) is 5.82 Å². The van der Waals surface area contributed by atoms with Gasteiger partial charge >= 0.3 is 0 Å². The molecule has 0 atom stereocenters. The maximum absolute atomic E-state index is 9.44. The van der Waals surface area contributed by atoms with E-state index in [1.807, 2.05) is 31.1 Å². The molecule has 0 fully saturated rings. The number of aromatic hydroxyl groups is 1. The van der Waals surface area contributed by atoms with Crippen molar-refractivity contribution in [3.8, 4) is 17.1 Å². The van der Waals surface area contributed by atoms with E-state index in [4.69, 9.17) is 0 Å². The van der Waals surface area contributed by atoms with E-state index in [-0.39, 0.29) is 5.75 Å². The summed E-state index contributed by atoms with van der Waals surface area (Å²) in [6.07, 6.45) is 3.03. The van der Waals surface area contributed by atoms with E-state index < -0.39 is 0 Å². The van der Waals surface area contributed by atoms with Crippen LogP contribution in [-0.2, 0) is 0 Å². The van der Waals surface area contributed by atoms with Gasteiger partial charge < -0.3 is 15.0 Å². The topological polar surface area (TPSA) is 77.9 Å². The van der Waals surface area contributed by atoms with Crippen LogP contribution >= 0.6 is 0 Å². The van der Waals surface area contributed by atoms with Crippen LogP contribution in [0.2, 0.25) is 0 Å². The molecular weight excluding hydrogens is 242 g/mol. The second kappa shape index (κ2) is 4.24. The molecule has 0 radical (unpaired) electrons. The number of aromatic amines is 1. The van der Waals surface area contributed by atoms with Gasteiger partial charge in [0.05, 0.1) is 11.7 Å². The summed E-state index contributed by atoms with van der Waals surface area (Å²) in [6.45, 7) is 0. The number of rotatable bonds is 2. The van der Waals surface area contributed by atoms with E-state index in [0.717, 1.165) is 16.9 Å². The summed E-state index contributed by atoms with van der Waals surface area (Å²) in [7, 11) is 3.86. The molecule has 6 nitrogen and oxygen atoms in total. The first-order valence-corrected chi connectivity index (χ1v) is 5.82. The van der Waals surface area contributed by atoms with E-state index in [2.05, 4.69) is 19.9 Å². The Hall–Kier alpha value is -2.63. The van der Waals surface area contributed by atoms with Crippen molar-refractivity contribution in [2.75, 3.05) is 19.0 Å². The van der Waals surface area contributed by atoms with Crippen LogP contribution in [0.5, 0.6) is 5.75 Å². The molecule has 0 aliphatic heterocycles. The van der Waals surface area contributed by atoms with Gasteiger partial charge in [0.2, 0.25) is 0 Å². The number of hydrogen-bond acceptors (Lipinski definition) is 5. The molecule has 0 amide bonds. The van der Waals surface area contributed by atoms with Crippen molar-refractivity contribution >= 4 is 17.0 Å². The lowest BCUT2D eigenvalue weighted by molar-refractivity contribution is 0.473. The van der Waals surface area contributed by atoms with Crippen molar-refractivity contribution < 1.29 is 5.11 Å². The van der Waals surface area contributed by atoms with E-state index in [0.29, 0.717) is 11.5 Å². The average molecular weight is 255 g/mol. The number of anilines is 1. The number of aromatic nitrogens is 4. The zero-order valence-corrected chi connectivity index (χ0v) is 10.6. The van der Waals surface area contributed by atoms with E-state index >= 15 is 0 Å². The first-order valence-electron chi connectivity index (χ1n) is 5.82. The summed E-state index contributed by atoms with van der Waals surface area (Å²) in [5.41, 5.74) is 2.22. The molecule has 3 rings (SSSR count). The average Bonchev–Trinajstić information content (AvgIpc) is 2.81. The van der Waals surface area contributed by atoms with Crippen LogP contribution in [0.25, 0.3) is 22.6 Å². The number of pyridine rings is 2. The number of fused-ring (bicyclic) bond motifs is 1. The Kier molecular flexibility index (Phi) is 2.56. The third-order valence-electron chi connectivity index (χ3n) is 2.79. The lowest BCUT2D eigenvalue weighted by atomic mass is 10.2. The lowest BCUT2D eigenvalue weighted by Gasteiger charge is -2.09. The number of H-pyrrole nitrogens is 1. The molecule has 0 aliphatic carbocycles. The fourth-order valence-electron chi connectivity index (χ4n) is 1.83. The SMILES string of the molecule is CN(C)c1ccc2[nH]c(-c3cncc(O)c3)nc2n1. The molecule has 3 heterocycles. The van der Waals surface area contributed by atoms with Crippen molar-refractivity contribution in [3.05, 3.63) is 30.6 Å². The molecule has 96 valence electrons. The summed E-state index contributed by atoms with van der Waals surface area (Å²) in [5, 5.41) is 9.44. The highest BCUT2D eigenvalue weighted by atomic mass is 16.3. The Morgan fingerprint density at radius 1 is 1.16 bits per heavy atom. The van der Waals surface area contributed by atoms with Crippen LogP contribution in [0.15, 0.2) is 30.6 Å². The Balaban J connectivity index is 2.11. The van der Waals surface area contributed by atoms with Crippen molar-refractivity contribution in [1.29, 1.82) is 0 Å². The maximum Gasteiger partial charge on any atom is 0.180 e. The molecule has 0 bridgehead atoms. The zero-order chi connectivity index (χ0) is 13.4. The van der Waals surface area contributed by atoms with Gasteiger partial charge in [-0.25, -0.2) is 9.97 Å². The molecule has 3 aromatic heterocycles. The molecule has 0 unspecified atom stereocenters. The largest absolute Gasteiger partial charge is 0.506 e. The summed E-state index contributed by atoms with van der Waals surface area (Å²) < 4.78 is 0. The third-order valence-corrected chi connectivity index (χ3v) is 2.79. The van der Waals surface area contributed by atoms with Crippen LogP contribution in [0, 0.1) is 0 Å². The first kappa shape index (κ1) is 11.5. The van der Waals surface area contributed by atoms with E-state index in [1.165, 1.54) is 6.20 Å². The molecule has 0 spiro atoms. The van der Waals surface area contributed by atoms with Crippen LogP contribution < -0.4 is 4.90 Å². The first-order chi connectivity index (χ1) is 9.13. The van der Waals surface area contributed by atoms with E-state index in [1.54, 1.807) is 12.3 Å². The maximum atomic E-state index is 9.44. The molecule has 0 aliphatic rings. The molecule has 2 N–H and O–H groups in total. The summed E-state index contributed by atoms with van der Waals surface area (Å²) in [5.74, 6) is 1.60. The number of nitrogens with zero attached hydrogens (tertiary/aromatic N) is 4. The summed E-state index contributed by atoms with van der Waals surface area (Å²) in [4.78, 5) is 17.9. The lowest BCUT2D eigenvalue weighted by Crippen LogP contribution is -2.10. The monoisotopic (exact) mass is 255 g/mol. The van der Waals surface area contributed by atoms with Crippen molar-refractivity contribution in [1.82, 2.24) is 19.9 Å². The minimum Gasteiger partial charge on any atom is -0.506 e. The predicted molar refractivity (Wildman–Crippen MR) is 73.1 cm³/mol. The summed E-state index contributed by atoms with van der Waals surface area (Å²) >= 11 is 0. The van der Waals surface area contributed by atoms with Gasteiger partial charge in [-0.2, -0.15) is 0 Å². The molecule has 3 aromatic rings. The predicted octanol–water partition coefficient (Wildman–Crippen LogP) is 1.79.